The van der Waals surface area contributed by atoms with E-state index >= 15 is 0 Å². The number of hydrogen-bond donors (Lipinski definition) is 2. The van der Waals surface area contributed by atoms with Gasteiger partial charge in [-0.2, -0.15) is 11.8 Å². The van der Waals surface area contributed by atoms with E-state index in [0.717, 1.165) is 12.2 Å². The van der Waals surface area contributed by atoms with Crippen LogP contribution in [0.25, 0.3) is 0 Å². The summed E-state index contributed by atoms with van der Waals surface area (Å²) in [7, 11) is 0. The zero-order valence-corrected chi connectivity index (χ0v) is 11.4. The lowest BCUT2D eigenvalue weighted by molar-refractivity contribution is -0.148. The molecule has 7 heteroatoms. The van der Waals surface area contributed by atoms with Crippen LogP contribution >= 0.6 is 24.2 Å². The highest BCUT2D eigenvalue weighted by atomic mass is 35.5. The first-order valence-electron chi connectivity index (χ1n) is 5.35. The Hall–Kier alpha value is -0.460. The summed E-state index contributed by atoms with van der Waals surface area (Å²) in [4.78, 5) is 24.2. The van der Waals surface area contributed by atoms with Crippen molar-refractivity contribution >= 4 is 36.0 Å². The summed E-state index contributed by atoms with van der Waals surface area (Å²) in [5, 5.41) is 8.95. The number of nitrogens with zero attached hydrogens (tertiary/aromatic N) is 1. The Labute approximate surface area is 112 Å². The summed E-state index contributed by atoms with van der Waals surface area (Å²) in [6.07, 6.45) is 3.84. The maximum absolute atomic E-state index is 11.9. The SMILES string of the molecule is CSCCC(N)C(=O)N1CCCC1C(=O)O.Cl. The molecule has 0 spiro atoms. The van der Waals surface area contributed by atoms with Crippen molar-refractivity contribution in [3.63, 3.8) is 0 Å². The largest absolute Gasteiger partial charge is 0.480 e. The molecule has 1 aliphatic rings. The maximum Gasteiger partial charge on any atom is 0.326 e. The van der Waals surface area contributed by atoms with Crippen molar-refractivity contribution in [1.29, 1.82) is 0 Å². The van der Waals surface area contributed by atoms with Crippen LogP contribution in [-0.4, -0.2) is 52.5 Å². The van der Waals surface area contributed by atoms with Crippen molar-refractivity contribution in [2.45, 2.75) is 31.3 Å². The number of aliphatic carboxylic acids is 1. The summed E-state index contributed by atoms with van der Waals surface area (Å²) in [5.41, 5.74) is 5.75. The molecule has 1 heterocycles. The van der Waals surface area contributed by atoms with Crippen LogP contribution in [0.15, 0.2) is 0 Å². The van der Waals surface area contributed by atoms with Crippen LogP contribution in [0.5, 0.6) is 0 Å². The highest BCUT2D eigenvalue weighted by molar-refractivity contribution is 7.98. The van der Waals surface area contributed by atoms with Gasteiger partial charge in [-0.05, 0) is 31.3 Å². The molecule has 0 aliphatic carbocycles. The lowest BCUT2D eigenvalue weighted by Gasteiger charge is -2.24. The van der Waals surface area contributed by atoms with E-state index in [1.54, 1.807) is 11.8 Å². The average molecular weight is 283 g/mol. The molecular formula is C10H19ClN2O3S. The summed E-state index contributed by atoms with van der Waals surface area (Å²) in [5.74, 6) is -0.333. The van der Waals surface area contributed by atoms with Crippen LogP contribution in [0.1, 0.15) is 19.3 Å². The molecule has 100 valence electrons. The number of carboxylic acid groups (broad SMARTS) is 1. The van der Waals surface area contributed by atoms with E-state index in [9.17, 15) is 9.59 Å². The van der Waals surface area contributed by atoms with E-state index in [1.165, 1.54) is 4.90 Å². The Morgan fingerprint density at radius 3 is 2.76 bits per heavy atom. The first kappa shape index (κ1) is 16.5. The predicted molar refractivity (Wildman–Crippen MR) is 70.6 cm³/mol. The molecule has 0 bridgehead atoms. The Morgan fingerprint density at radius 2 is 2.24 bits per heavy atom. The van der Waals surface area contributed by atoms with E-state index in [2.05, 4.69) is 0 Å². The Balaban J connectivity index is 0.00000256. The Bertz CT molecular complexity index is 278. The van der Waals surface area contributed by atoms with Crippen LogP contribution in [0.2, 0.25) is 0 Å². The van der Waals surface area contributed by atoms with Crippen LogP contribution in [0.4, 0.5) is 0 Å². The number of carbonyl (C=O) groups excluding carboxylic acids is 1. The summed E-state index contributed by atoms with van der Waals surface area (Å²) in [6, 6.07) is -1.24. The summed E-state index contributed by atoms with van der Waals surface area (Å²) in [6.45, 7) is 0.517. The molecule has 0 aromatic rings. The molecule has 17 heavy (non-hydrogen) atoms. The number of halogens is 1. The van der Waals surface area contributed by atoms with Gasteiger partial charge in [0.15, 0.2) is 0 Å². The molecule has 2 atom stereocenters. The summed E-state index contributed by atoms with van der Waals surface area (Å²) >= 11 is 1.63. The number of carboxylic acids is 1. The fraction of sp³-hybridized carbons (Fsp3) is 0.800. The van der Waals surface area contributed by atoms with Crippen LogP contribution in [-0.2, 0) is 9.59 Å². The molecule has 5 nitrogen and oxygen atoms in total. The average Bonchev–Trinajstić information content (AvgIpc) is 2.73. The smallest absolute Gasteiger partial charge is 0.326 e. The molecule has 1 fully saturated rings. The van der Waals surface area contributed by atoms with Gasteiger partial charge in [0, 0.05) is 6.54 Å². The van der Waals surface area contributed by atoms with Crippen LogP contribution < -0.4 is 5.73 Å². The number of carbonyl (C=O) groups is 2. The second-order valence-corrected chi connectivity index (χ2v) is 4.90. The number of hydrogen-bond acceptors (Lipinski definition) is 4. The van der Waals surface area contributed by atoms with Gasteiger partial charge in [0.2, 0.25) is 5.91 Å². The van der Waals surface area contributed by atoms with E-state index in [0.29, 0.717) is 19.4 Å². The van der Waals surface area contributed by atoms with Crippen LogP contribution in [0, 0.1) is 0 Å². The fourth-order valence-electron chi connectivity index (χ4n) is 1.87. The highest BCUT2D eigenvalue weighted by Crippen LogP contribution is 2.18. The van der Waals surface area contributed by atoms with Crippen molar-refractivity contribution in [3.05, 3.63) is 0 Å². The standard InChI is InChI=1S/C10H18N2O3S.ClH/c1-16-6-4-7(11)9(13)12-5-2-3-8(12)10(14)15;/h7-8H,2-6,11H2,1H3,(H,14,15);1H. The van der Waals surface area contributed by atoms with Crippen LogP contribution in [0.3, 0.4) is 0 Å². The van der Waals surface area contributed by atoms with Crippen molar-refractivity contribution in [3.8, 4) is 0 Å². The molecule has 0 aromatic heterocycles. The molecule has 1 saturated heterocycles. The number of likely N-dealkylation sites (tertiary alicyclic amines) is 1. The molecule has 2 unspecified atom stereocenters. The summed E-state index contributed by atoms with van der Waals surface area (Å²) < 4.78 is 0. The number of amides is 1. The lowest BCUT2D eigenvalue weighted by atomic mass is 10.2. The van der Waals surface area contributed by atoms with Crippen molar-refractivity contribution < 1.29 is 14.7 Å². The predicted octanol–water partition coefficient (Wildman–Crippen LogP) is 0.564. The van der Waals surface area contributed by atoms with Gasteiger partial charge >= 0.3 is 5.97 Å². The second kappa shape index (κ2) is 7.79. The number of nitrogens with two attached hydrogens (primary N) is 1. The molecule has 1 amide bonds. The van der Waals surface area contributed by atoms with Gasteiger partial charge in [-0.1, -0.05) is 0 Å². The molecule has 1 aliphatic heterocycles. The number of thioether (sulfide) groups is 1. The normalized spacial score (nSPS) is 20.8. The minimum Gasteiger partial charge on any atom is -0.480 e. The van der Waals surface area contributed by atoms with Crippen molar-refractivity contribution in [2.24, 2.45) is 5.73 Å². The topological polar surface area (TPSA) is 83.6 Å². The maximum atomic E-state index is 11.9. The first-order chi connectivity index (χ1) is 7.57. The van der Waals surface area contributed by atoms with Gasteiger partial charge in [-0.25, -0.2) is 4.79 Å². The highest BCUT2D eigenvalue weighted by Gasteiger charge is 2.35. The van der Waals surface area contributed by atoms with Gasteiger partial charge in [0.05, 0.1) is 6.04 Å². The zero-order valence-electron chi connectivity index (χ0n) is 9.80. The van der Waals surface area contributed by atoms with Crippen molar-refractivity contribution in [2.75, 3.05) is 18.6 Å². The van der Waals surface area contributed by atoms with Crippen molar-refractivity contribution in [1.82, 2.24) is 4.90 Å². The monoisotopic (exact) mass is 282 g/mol. The third-order valence-electron chi connectivity index (χ3n) is 2.77. The quantitative estimate of drug-likeness (QED) is 0.770. The number of rotatable bonds is 5. The lowest BCUT2D eigenvalue weighted by Crippen LogP contribution is -2.48. The van der Waals surface area contributed by atoms with Gasteiger partial charge in [0.25, 0.3) is 0 Å². The molecule has 1 rings (SSSR count). The zero-order chi connectivity index (χ0) is 12.1. The minimum absolute atomic E-state index is 0. The van der Waals surface area contributed by atoms with E-state index in [-0.39, 0.29) is 18.3 Å². The molecule has 0 saturated carbocycles. The van der Waals surface area contributed by atoms with E-state index in [1.807, 2.05) is 6.26 Å². The molecular weight excluding hydrogens is 264 g/mol. The van der Waals surface area contributed by atoms with Gasteiger partial charge < -0.3 is 15.7 Å². The van der Waals surface area contributed by atoms with E-state index in [4.69, 9.17) is 10.8 Å². The van der Waals surface area contributed by atoms with Gasteiger partial charge in [0.1, 0.15) is 6.04 Å². The Kier molecular flexibility index (Phi) is 7.58. The van der Waals surface area contributed by atoms with Gasteiger partial charge in [-0.3, -0.25) is 4.79 Å². The first-order valence-corrected chi connectivity index (χ1v) is 6.75. The molecule has 0 aromatic carbocycles. The van der Waals surface area contributed by atoms with Gasteiger partial charge in [-0.15, -0.1) is 12.4 Å². The second-order valence-electron chi connectivity index (χ2n) is 3.92. The minimum atomic E-state index is -0.928. The Morgan fingerprint density at radius 1 is 1.59 bits per heavy atom. The third-order valence-corrected chi connectivity index (χ3v) is 3.42. The fourth-order valence-corrected chi connectivity index (χ4v) is 2.36. The molecule has 3 N–H and O–H groups in total. The molecule has 0 radical (unpaired) electrons. The van der Waals surface area contributed by atoms with E-state index < -0.39 is 18.1 Å². The third kappa shape index (κ3) is 4.37.